The van der Waals surface area contributed by atoms with E-state index in [-0.39, 0.29) is 0 Å². The molecule has 0 aromatic rings. The highest BCUT2D eigenvalue weighted by Gasteiger charge is 2.15. The van der Waals surface area contributed by atoms with Crippen LogP contribution >= 0.6 is 0 Å². The zero-order valence-corrected chi connectivity index (χ0v) is 9.63. The van der Waals surface area contributed by atoms with Crippen molar-refractivity contribution in [3.05, 3.63) is 0 Å². The van der Waals surface area contributed by atoms with Gasteiger partial charge in [-0.25, -0.2) is 0 Å². The molecule has 0 radical (unpaired) electrons. The van der Waals surface area contributed by atoms with Crippen LogP contribution in [0.1, 0.15) is 32.1 Å². The maximum absolute atomic E-state index is 5.92. The Kier molecular flexibility index (Phi) is 4.90. The minimum Gasteiger partial charge on any atom is -0.378 e. The maximum Gasteiger partial charge on any atom is 0.0599 e. The SMILES string of the molecule is C1CNCC(CCOC2CCNCC2)C1. The van der Waals surface area contributed by atoms with Gasteiger partial charge in [-0.05, 0) is 64.2 Å². The van der Waals surface area contributed by atoms with Crippen molar-refractivity contribution in [2.45, 2.75) is 38.2 Å². The van der Waals surface area contributed by atoms with Gasteiger partial charge in [-0.1, -0.05) is 0 Å². The molecule has 2 rings (SSSR count). The van der Waals surface area contributed by atoms with Gasteiger partial charge in [0, 0.05) is 6.61 Å². The predicted octanol–water partition coefficient (Wildman–Crippen LogP) is 1.14. The second kappa shape index (κ2) is 6.46. The Morgan fingerprint density at radius 3 is 2.60 bits per heavy atom. The summed E-state index contributed by atoms with van der Waals surface area (Å²) < 4.78 is 5.92. The Morgan fingerprint density at radius 1 is 1.00 bits per heavy atom. The number of hydrogen-bond donors (Lipinski definition) is 2. The van der Waals surface area contributed by atoms with Crippen molar-refractivity contribution in [3.8, 4) is 0 Å². The molecule has 3 nitrogen and oxygen atoms in total. The van der Waals surface area contributed by atoms with Crippen LogP contribution in [0.15, 0.2) is 0 Å². The number of hydrogen-bond acceptors (Lipinski definition) is 3. The van der Waals surface area contributed by atoms with Crippen molar-refractivity contribution in [2.75, 3.05) is 32.8 Å². The van der Waals surface area contributed by atoms with Gasteiger partial charge in [-0.3, -0.25) is 0 Å². The van der Waals surface area contributed by atoms with Crippen molar-refractivity contribution in [2.24, 2.45) is 5.92 Å². The molecule has 0 aromatic heterocycles. The number of rotatable bonds is 4. The van der Waals surface area contributed by atoms with Crippen molar-refractivity contribution in [1.82, 2.24) is 10.6 Å². The van der Waals surface area contributed by atoms with E-state index in [1.165, 1.54) is 45.2 Å². The largest absolute Gasteiger partial charge is 0.378 e. The Morgan fingerprint density at radius 2 is 1.87 bits per heavy atom. The second-order valence-electron chi connectivity index (χ2n) is 4.82. The molecule has 3 heteroatoms. The highest BCUT2D eigenvalue weighted by atomic mass is 16.5. The first kappa shape index (κ1) is 11.4. The summed E-state index contributed by atoms with van der Waals surface area (Å²) >= 11 is 0. The highest BCUT2D eigenvalue weighted by Crippen LogP contribution is 2.15. The van der Waals surface area contributed by atoms with Gasteiger partial charge in [0.25, 0.3) is 0 Å². The van der Waals surface area contributed by atoms with Crippen molar-refractivity contribution in [1.29, 1.82) is 0 Å². The second-order valence-corrected chi connectivity index (χ2v) is 4.82. The van der Waals surface area contributed by atoms with E-state index in [1.54, 1.807) is 0 Å². The monoisotopic (exact) mass is 212 g/mol. The van der Waals surface area contributed by atoms with Crippen LogP contribution in [0.4, 0.5) is 0 Å². The third-order valence-electron chi connectivity index (χ3n) is 3.56. The van der Waals surface area contributed by atoms with E-state index in [0.717, 1.165) is 25.6 Å². The molecule has 2 aliphatic heterocycles. The fourth-order valence-corrected chi connectivity index (χ4v) is 2.53. The number of ether oxygens (including phenoxy) is 1. The van der Waals surface area contributed by atoms with Crippen LogP contribution in [0.5, 0.6) is 0 Å². The summed E-state index contributed by atoms with van der Waals surface area (Å²) in [7, 11) is 0. The molecule has 88 valence electrons. The van der Waals surface area contributed by atoms with Crippen LogP contribution in [-0.4, -0.2) is 38.9 Å². The van der Waals surface area contributed by atoms with Crippen LogP contribution < -0.4 is 10.6 Å². The lowest BCUT2D eigenvalue weighted by Gasteiger charge is -2.26. The third-order valence-corrected chi connectivity index (χ3v) is 3.56. The van der Waals surface area contributed by atoms with Crippen molar-refractivity contribution < 1.29 is 4.74 Å². The van der Waals surface area contributed by atoms with Crippen LogP contribution in [0.2, 0.25) is 0 Å². The van der Waals surface area contributed by atoms with E-state index in [2.05, 4.69) is 10.6 Å². The van der Waals surface area contributed by atoms with Gasteiger partial charge in [0.05, 0.1) is 6.10 Å². The van der Waals surface area contributed by atoms with Crippen LogP contribution in [0.3, 0.4) is 0 Å². The smallest absolute Gasteiger partial charge is 0.0599 e. The van der Waals surface area contributed by atoms with Gasteiger partial charge < -0.3 is 15.4 Å². The van der Waals surface area contributed by atoms with E-state index in [0.29, 0.717) is 6.10 Å². The lowest BCUT2D eigenvalue weighted by atomic mass is 9.97. The van der Waals surface area contributed by atoms with Gasteiger partial charge in [-0.15, -0.1) is 0 Å². The maximum atomic E-state index is 5.92. The van der Waals surface area contributed by atoms with Gasteiger partial charge >= 0.3 is 0 Å². The summed E-state index contributed by atoms with van der Waals surface area (Å²) in [6.07, 6.45) is 6.91. The zero-order valence-electron chi connectivity index (χ0n) is 9.63. The molecule has 0 aromatic carbocycles. The fraction of sp³-hybridized carbons (Fsp3) is 1.00. The van der Waals surface area contributed by atoms with E-state index in [1.807, 2.05) is 0 Å². The molecular formula is C12H24N2O. The van der Waals surface area contributed by atoms with Gasteiger partial charge in [0.15, 0.2) is 0 Å². The third kappa shape index (κ3) is 4.09. The summed E-state index contributed by atoms with van der Waals surface area (Å²) in [6.45, 7) is 5.66. The Balaban J connectivity index is 1.53. The number of nitrogens with one attached hydrogen (secondary N) is 2. The van der Waals surface area contributed by atoms with Crippen LogP contribution in [0.25, 0.3) is 0 Å². The molecular weight excluding hydrogens is 188 g/mol. The predicted molar refractivity (Wildman–Crippen MR) is 62.1 cm³/mol. The lowest BCUT2D eigenvalue weighted by Crippen LogP contribution is -2.34. The standard InChI is InChI=1S/C12H24N2O/c1-2-11(10-14-6-1)5-9-15-12-3-7-13-8-4-12/h11-14H,1-10H2. The summed E-state index contributed by atoms with van der Waals surface area (Å²) in [4.78, 5) is 0. The average Bonchev–Trinajstić information content (AvgIpc) is 2.32. The molecule has 0 saturated carbocycles. The Labute approximate surface area is 93.0 Å². The van der Waals surface area contributed by atoms with E-state index >= 15 is 0 Å². The average molecular weight is 212 g/mol. The van der Waals surface area contributed by atoms with E-state index in [9.17, 15) is 0 Å². The fourth-order valence-electron chi connectivity index (χ4n) is 2.53. The van der Waals surface area contributed by atoms with E-state index < -0.39 is 0 Å². The molecule has 15 heavy (non-hydrogen) atoms. The van der Waals surface area contributed by atoms with Gasteiger partial charge in [-0.2, -0.15) is 0 Å². The van der Waals surface area contributed by atoms with E-state index in [4.69, 9.17) is 4.74 Å². The molecule has 2 heterocycles. The Bertz CT molecular complexity index is 145. The van der Waals surface area contributed by atoms with Crippen LogP contribution in [-0.2, 0) is 4.74 Å². The molecule has 1 unspecified atom stereocenters. The summed E-state index contributed by atoms with van der Waals surface area (Å²) in [5.41, 5.74) is 0. The minimum atomic E-state index is 0.530. The molecule has 0 bridgehead atoms. The quantitative estimate of drug-likeness (QED) is 0.733. The zero-order chi connectivity index (χ0) is 10.3. The van der Waals surface area contributed by atoms with Gasteiger partial charge in [0.2, 0.25) is 0 Å². The summed E-state index contributed by atoms with van der Waals surface area (Å²) in [5.74, 6) is 0.862. The molecule has 0 aliphatic carbocycles. The normalized spacial score (nSPS) is 29.2. The minimum absolute atomic E-state index is 0.530. The van der Waals surface area contributed by atoms with Crippen molar-refractivity contribution >= 4 is 0 Å². The first-order valence-electron chi connectivity index (χ1n) is 6.48. The molecule has 2 N–H and O–H groups in total. The highest BCUT2D eigenvalue weighted by molar-refractivity contribution is 4.71. The lowest BCUT2D eigenvalue weighted by molar-refractivity contribution is 0.0241. The molecule has 0 spiro atoms. The van der Waals surface area contributed by atoms with Crippen molar-refractivity contribution in [3.63, 3.8) is 0 Å². The first-order chi connectivity index (χ1) is 7.45. The topological polar surface area (TPSA) is 33.3 Å². The molecule has 1 atom stereocenters. The molecule has 2 fully saturated rings. The molecule has 2 aliphatic rings. The van der Waals surface area contributed by atoms with Crippen LogP contribution in [0, 0.1) is 5.92 Å². The first-order valence-corrected chi connectivity index (χ1v) is 6.48. The van der Waals surface area contributed by atoms with Gasteiger partial charge in [0.1, 0.15) is 0 Å². The summed E-state index contributed by atoms with van der Waals surface area (Å²) in [5, 5.41) is 6.82. The molecule has 0 amide bonds. The summed E-state index contributed by atoms with van der Waals surface area (Å²) in [6, 6.07) is 0. The number of piperidine rings is 2. The Hall–Kier alpha value is -0.120. The molecule has 2 saturated heterocycles.